The van der Waals surface area contributed by atoms with Crippen LogP contribution in [0.15, 0.2) is 66.7 Å². The van der Waals surface area contributed by atoms with Crippen LogP contribution >= 0.6 is 0 Å². The van der Waals surface area contributed by atoms with Crippen molar-refractivity contribution in [1.29, 1.82) is 0 Å². The van der Waals surface area contributed by atoms with Gasteiger partial charge in [-0.2, -0.15) is 0 Å². The third-order valence-corrected chi connectivity index (χ3v) is 4.27. The first-order valence-electron chi connectivity index (χ1n) is 8.96. The Balaban J connectivity index is 1.58. The minimum Gasteiger partial charge on any atom is -0.494 e. The van der Waals surface area contributed by atoms with Crippen molar-refractivity contribution in [3.63, 3.8) is 0 Å². The molecule has 3 aromatic carbocycles. The van der Waals surface area contributed by atoms with Crippen molar-refractivity contribution in [2.45, 2.75) is 13.5 Å². The molecule has 0 aromatic heterocycles. The number of fused-ring (bicyclic) bond motifs is 1. The smallest absolute Gasteiger partial charge is 0.279 e. The second-order valence-electron chi connectivity index (χ2n) is 6.46. The standard InChI is InChI=1S/C22H24N2O2/c1-3-26-19-13-11-17(12-14-19)15-24(2)16-22(25)23-21-10-6-8-18-7-4-5-9-20(18)21/h4-14H,3,15-16H2,1-2H3,(H,23,25)/p+1. The lowest BCUT2D eigenvalue weighted by atomic mass is 10.1. The summed E-state index contributed by atoms with van der Waals surface area (Å²) in [5, 5.41) is 5.24. The maximum absolute atomic E-state index is 12.4. The lowest BCUT2D eigenvalue weighted by Gasteiger charge is -2.15. The average molecular weight is 349 g/mol. The lowest BCUT2D eigenvalue weighted by molar-refractivity contribution is -0.885. The molecule has 2 N–H and O–H groups in total. The molecule has 0 spiro atoms. The zero-order valence-electron chi connectivity index (χ0n) is 15.3. The molecule has 0 aliphatic rings. The molecule has 4 nitrogen and oxygen atoms in total. The van der Waals surface area contributed by atoms with E-state index >= 15 is 0 Å². The molecule has 0 bridgehead atoms. The number of nitrogens with one attached hydrogen (secondary N) is 2. The van der Waals surface area contributed by atoms with Crippen molar-refractivity contribution >= 4 is 22.4 Å². The molecular weight excluding hydrogens is 324 g/mol. The molecule has 134 valence electrons. The summed E-state index contributed by atoms with van der Waals surface area (Å²) < 4.78 is 5.46. The van der Waals surface area contributed by atoms with Crippen LogP contribution in [0.2, 0.25) is 0 Å². The first-order valence-corrected chi connectivity index (χ1v) is 8.96. The molecule has 3 rings (SSSR count). The van der Waals surface area contributed by atoms with Gasteiger partial charge >= 0.3 is 0 Å². The second-order valence-corrected chi connectivity index (χ2v) is 6.46. The number of benzene rings is 3. The normalized spacial score (nSPS) is 11.9. The van der Waals surface area contributed by atoms with Crippen LogP contribution in [0.3, 0.4) is 0 Å². The lowest BCUT2D eigenvalue weighted by Crippen LogP contribution is -3.08. The van der Waals surface area contributed by atoms with Crippen molar-refractivity contribution in [2.24, 2.45) is 0 Å². The number of anilines is 1. The van der Waals surface area contributed by atoms with Gasteiger partial charge in [0.05, 0.1) is 13.7 Å². The highest BCUT2D eigenvalue weighted by Gasteiger charge is 2.12. The minimum atomic E-state index is 0.0183. The van der Waals surface area contributed by atoms with E-state index in [2.05, 4.69) is 17.4 Å². The molecule has 1 atom stereocenters. The van der Waals surface area contributed by atoms with Crippen LogP contribution in [0, 0.1) is 0 Å². The van der Waals surface area contributed by atoms with Crippen LogP contribution < -0.4 is 15.0 Å². The maximum Gasteiger partial charge on any atom is 0.279 e. The van der Waals surface area contributed by atoms with Gasteiger partial charge in [0, 0.05) is 16.6 Å². The van der Waals surface area contributed by atoms with Crippen LogP contribution in [0.1, 0.15) is 12.5 Å². The molecule has 26 heavy (non-hydrogen) atoms. The van der Waals surface area contributed by atoms with Crippen LogP contribution in [-0.2, 0) is 11.3 Å². The van der Waals surface area contributed by atoms with Gasteiger partial charge < -0.3 is 15.0 Å². The van der Waals surface area contributed by atoms with E-state index in [1.807, 2.05) is 68.6 Å². The van der Waals surface area contributed by atoms with E-state index in [-0.39, 0.29) is 5.91 Å². The number of carbonyl (C=O) groups excluding carboxylic acids is 1. The van der Waals surface area contributed by atoms with E-state index in [0.29, 0.717) is 13.2 Å². The molecular formula is C22H25N2O2+. The first kappa shape index (κ1) is 18.0. The van der Waals surface area contributed by atoms with Gasteiger partial charge in [0.2, 0.25) is 0 Å². The summed E-state index contributed by atoms with van der Waals surface area (Å²) in [6, 6.07) is 22.1. The number of ether oxygens (including phenoxy) is 1. The SMILES string of the molecule is CCOc1ccc(C[NH+](C)CC(=O)Nc2cccc3ccccc23)cc1. The molecule has 0 radical (unpaired) electrons. The summed E-state index contributed by atoms with van der Waals surface area (Å²) in [5.74, 6) is 0.896. The Bertz CT molecular complexity index is 869. The second kappa shape index (κ2) is 8.50. The van der Waals surface area contributed by atoms with Crippen LogP contribution in [0.4, 0.5) is 5.69 Å². The van der Waals surface area contributed by atoms with Crippen molar-refractivity contribution in [3.05, 3.63) is 72.3 Å². The van der Waals surface area contributed by atoms with E-state index in [0.717, 1.165) is 33.7 Å². The van der Waals surface area contributed by atoms with Crippen molar-refractivity contribution in [2.75, 3.05) is 25.5 Å². The van der Waals surface area contributed by atoms with Crippen molar-refractivity contribution < 1.29 is 14.4 Å². The van der Waals surface area contributed by atoms with Crippen molar-refractivity contribution in [3.8, 4) is 5.75 Å². The highest BCUT2D eigenvalue weighted by molar-refractivity contribution is 6.02. The molecule has 0 heterocycles. The van der Waals surface area contributed by atoms with Gasteiger partial charge in [-0.05, 0) is 42.6 Å². The molecule has 0 saturated carbocycles. The minimum absolute atomic E-state index is 0.0183. The fraction of sp³-hybridized carbons (Fsp3) is 0.227. The van der Waals surface area contributed by atoms with Crippen LogP contribution in [-0.4, -0.2) is 26.1 Å². The van der Waals surface area contributed by atoms with Gasteiger partial charge in [0.15, 0.2) is 6.54 Å². The maximum atomic E-state index is 12.4. The molecule has 4 heteroatoms. The van der Waals surface area contributed by atoms with Gasteiger partial charge in [0.1, 0.15) is 12.3 Å². The highest BCUT2D eigenvalue weighted by atomic mass is 16.5. The van der Waals surface area contributed by atoms with E-state index in [1.54, 1.807) is 0 Å². The Labute approximate surface area is 154 Å². The molecule has 0 aliphatic heterocycles. The molecule has 0 fully saturated rings. The molecule has 3 aromatic rings. The van der Waals surface area contributed by atoms with E-state index in [9.17, 15) is 4.79 Å². The quantitative estimate of drug-likeness (QED) is 0.689. The Hall–Kier alpha value is -2.85. The van der Waals surface area contributed by atoms with Gasteiger partial charge in [-0.1, -0.05) is 36.4 Å². The summed E-state index contributed by atoms with van der Waals surface area (Å²) in [4.78, 5) is 13.6. The first-order chi connectivity index (χ1) is 12.7. The molecule has 1 unspecified atom stereocenters. The molecule has 0 aliphatic carbocycles. The monoisotopic (exact) mass is 349 g/mol. The van der Waals surface area contributed by atoms with E-state index in [4.69, 9.17) is 4.74 Å². The number of likely N-dealkylation sites (N-methyl/N-ethyl adjacent to an activating group) is 1. The number of amides is 1. The number of quaternary nitrogens is 1. The third-order valence-electron chi connectivity index (χ3n) is 4.27. The number of hydrogen-bond donors (Lipinski definition) is 2. The highest BCUT2D eigenvalue weighted by Crippen LogP contribution is 2.22. The van der Waals surface area contributed by atoms with Crippen LogP contribution in [0.5, 0.6) is 5.75 Å². The summed E-state index contributed by atoms with van der Waals surface area (Å²) in [6.45, 7) is 3.84. The zero-order chi connectivity index (χ0) is 18.4. The van der Waals surface area contributed by atoms with E-state index < -0.39 is 0 Å². The van der Waals surface area contributed by atoms with Gasteiger partial charge in [-0.15, -0.1) is 0 Å². The number of rotatable bonds is 7. The predicted molar refractivity (Wildman–Crippen MR) is 106 cm³/mol. The third kappa shape index (κ3) is 4.61. The summed E-state index contributed by atoms with van der Waals surface area (Å²) in [5.41, 5.74) is 2.05. The van der Waals surface area contributed by atoms with Crippen molar-refractivity contribution in [1.82, 2.24) is 0 Å². The number of hydrogen-bond acceptors (Lipinski definition) is 2. The van der Waals surface area contributed by atoms with Gasteiger partial charge in [0.25, 0.3) is 5.91 Å². The Morgan fingerprint density at radius 2 is 1.73 bits per heavy atom. The largest absolute Gasteiger partial charge is 0.494 e. The Morgan fingerprint density at radius 1 is 1.00 bits per heavy atom. The molecule has 0 saturated heterocycles. The summed E-state index contributed by atoms with van der Waals surface area (Å²) in [7, 11) is 2.03. The average Bonchev–Trinajstić information content (AvgIpc) is 2.64. The fourth-order valence-electron chi connectivity index (χ4n) is 3.08. The fourth-order valence-corrected chi connectivity index (χ4v) is 3.08. The predicted octanol–water partition coefficient (Wildman–Crippen LogP) is 2.89. The molecule has 1 amide bonds. The number of carbonyl (C=O) groups is 1. The van der Waals surface area contributed by atoms with Gasteiger partial charge in [-0.3, -0.25) is 4.79 Å². The summed E-state index contributed by atoms with van der Waals surface area (Å²) >= 11 is 0. The van der Waals surface area contributed by atoms with Gasteiger partial charge in [-0.25, -0.2) is 0 Å². The zero-order valence-corrected chi connectivity index (χ0v) is 15.3. The Kier molecular flexibility index (Phi) is 5.87. The topological polar surface area (TPSA) is 42.8 Å². The van der Waals surface area contributed by atoms with E-state index in [1.165, 1.54) is 5.56 Å². The summed E-state index contributed by atoms with van der Waals surface area (Å²) in [6.07, 6.45) is 0. The Morgan fingerprint density at radius 3 is 2.50 bits per heavy atom. The van der Waals surface area contributed by atoms with Crippen LogP contribution in [0.25, 0.3) is 10.8 Å².